The van der Waals surface area contributed by atoms with Gasteiger partial charge in [0.05, 0.1) is 18.5 Å². The molecule has 4 rings (SSSR count). The molecular weight excluding hydrogens is 392 g/mol. The lowest BCUT2D eigenvalue weighted by molar-refractivity contribution is -0.116. The number of nitrogens with zero attached hydrogens (tertiary/aromatic N) is 2. The average Bonchev–Trinajstić information content (AvgIpc) is 3.31. The largest absolute Gasteiger partial charge is 0.761 e. The minimum absolute atomic E-state index is 0.000500. The maximum Gasteiger partial charge on any atom is 0.294 e. The predicted molar refractivity (Wildman–Crippen MR) is 112 cm³/mol. The van der Waals surface area contributed by atoms with Crippen molar-refractivity contribution in [2.24, 2.45) is 0 Å². The van der Waals surface area contributed by atoms with E-state index in [0.29, 0.717) is 22.6 Å². The molecule has 0 spiro atoms. The fraction of sp³-hybridized carbons (Fsp3) is 0.0500. The van der Waals surface area contributed by atoms with E-state index >= 15 is 0 Å². The van der Waals surface area contributed by atoms with Crippen molar-refractivity contribution in [2.75, 3.05) is 12.6 Å². The highest BCUT2D eigenvalue weighted by Crippen LogP contribution is 2.33. The quantitative estimate of drug-likeness (QED) is 0.380. The van der Waals surface area contributed by atoms with Crippen LogP contribution < -0.4 is 15.5 Å². The Balaban J connectivity index is 1.86. The van der Waals surface area contributed by atoms with Gasteiger partial charge in [-0.2, -0.15) is 5.10 Å². The molecule has 146 valence electrons. The Bertz CT molecular complexity index is 1120. The number of ether oxygens (including phenoxy) is 2. The van der Waals surface area contributed by atoms with E-state index in [-0.39, 0.29) is 16.6 Å². The smallest absolute Gasteiger partial charge is 0.294 e. The van der Waals surface area contributed by atoms with Gasteiger partial charge in [0.1, 0.15) is 11.4 Å². The zero-order valence-electron chi connectivity index (χ0n) is 15.2. The molecule has 0 atom stereocenters. The van der Waals surface area contributed by atoms with Gasteiger partial charge in [-0.1, -0.05) is 18.2 Å². The fourth-order valence-electron chi connectivity index (χ4n) is 2.93. The number of thiocarbonyl (C=S) groups is 1. The lowest BCUT2D eigenvalue weighted by Crippen LogP contribution is -2.18. The van der Waals surface area contributed by atoms with E-state index in [4.69, 9.17) is 21.7 Å². The second kappa shape index (κ2) is 7.74. The standard InChI is InChI=1S/C20H15N4O4S/c1-27-16-8-7-12(9-15(16)23-26)18-13(10-17-19(25)21-20(29)28-17)11-24(22-18)14-5-3-2-4-6-14/h2-11,23H,1H3,(H,21,25,29)/q-1/b17-10-. The van der Waals surface area contributed by atoms with Crippen LogP contribution in [0.4, 0.5) is 5.69 Å². The molecule has 29 heavy (non-hydrogen) atoms. The number of rotatable bonds is 5. The molecule has 0 radical (unpaired) electrons. The van der Waals surface area contributed by atoms with Gasteiger partial charge in [-0.25, -0.2) is 4.68 Å². The van der Waals surface area contributed by atoms with E-state index in [2.05, 4.69) is 10.4 Å². The molecule has 1 aliphatic rings. The molecule has 3 aromatic rings. The average molecular weight is 407 g/mol. The Morgan fingerprint density at radius 3 is 2.72 bits per heavy atom. The van der Waals surface area contributed by atoms with E-state index in [9.17, 15) is 10.0 Å². The molecule has 8 nitrogen and oxygen atoms in total. The lowest BCUT2D eigenvalue weighted by Gasteiger charge is -2.15. The van der Waals surface area contributed by atoms with Crippen LogP contribution in [0.1, 0.15) is 5.56 Å². The van der Waals surface area contributed by atoms with Gasteiger partial charge in [-0.05, 0) is 48.6 Å². The van der Waals surface area contributed by atoms with Crippen LogP contribution in [0.25, 0.3) is 23.0 Å². The lowest BCUT2D eigenvalue weighted by atomic mass is 10.1. The summed E-state index contributed by atoms with van der Waals surface area (Å²) in [5, 5.41) is 18.4. The molecule has 2 aromatic carbocycles. The monoisotopic (exact) mass is 407 g/mol. The minimum Gasteiger partial charge on any atom is -0.761 e. The zero-order valence-corrected chi connectivity index (χ0v) is 16.0. The van der Waals surface area contributed by atoms with E-state index in [1.807, 2.05) is 35.8 Å². The maximum absolute atomic E-state index is 12.0. The number of hydrogen-bond donors (Lipinski definition) is 2. The molecule has 1 fully saturated rings. The summed E-state index contributed by atoms with van der Waals surface area (Å²) in [5.74, 6) is 0.0552. The summed E-state index contributed by atoms with van der Waals surface area (Å²) in [6.45, 7) is 0. The molecule has 2 N–H and O–H groups in total. The number of nitrogens with one attached hydrogen (secondary N) is 2. The van der Waals surface area contributed by atoms with Crippen molar-refractivity contribution in [1.29, 1.82) is 0 Å². The fourth-order valence-corrected chi connectivity index (χ4v) is 3.11. The number of benzene rings is 2. The van der Waals surface area contributed by atoms with E-state index in [0.717, 1.165) is 5.69 Å². The highest BCUT2D eigenvalue weighted by molar-refractivity contribution is 7.80. The Labute approximate surface area is 171 Å². The van der Waals surface area contributed by atoms with Crippen LogP contribution in [0, 0.1) is 5.21 Å². The Morgan fingerprint density at radius 2 is 2.07 bits per heavy atom. The Hall–Kier alpha value is -3.69. The number of hydrogen-bond acceptors (Lipinski definition) is 7. The van der Waals surface area contributed by atoms with Crippen LogP contribution in [0.15, 0.2) is 60.5 Å². The van der Waals surface area contributed by atoms with Crippen LogP contribution >= 0.6 is 12.2 Å². The molecule has 0 bridgehead atoms. The van der Waals surface area contributed by atoms with Crippen LogP contribution in [0.2, 0.25) is 0 Å². The second-order valence-electron chi connectivity index (χ2n) is 6.08. The number of carbonyl (C=O) groups is 1. The van der Waals surface area contributed by atoms with Crippen LogP contribution in [0.3, 0.4) is 0 Å². The molecule has 1 saturated heterocycles. The van der Waals surface area contributed by atoms with Crippen molar-refractivity contribution in [3.63, 3.8) is 0 Å². The van der Waals surface area contributed by atoms with Crippen molar-refractivity contribution in [3.05, 3.63) is 71.3 Å². The first-order chi connectivity index (χ1) is 14.1. The third-order valence-corrected chi connectivity index (χ3v) is 4.46. The van der Waals surface area contributed by atoms with Gasteiger partial charge in [0.15, 0.2) is 5.76 Å². The first-order valence-electron chi connectivity index (χ1n) is 8.55. The number of para-hydroxylation sites is 1. The van der Waals surface area contributed by atoms with E-state index < -0.39 is 5.91 Å². The van der Waals surface area contributed by atoms with Gasteiger partial charge in [0.2, 0.25) is 0 Å². The third kappa shape index (κ3) is 3.68. The van der Waals surface area contributed by atoms with Crippen LogP contribution in [-0.4, -0.2) is 28.0 Å². The Kier molecular flexibility index (Phi) is 4.98. The first kappa shape index (κ1) is 18.7. The normalized spacial score (nSPS) is 14.6. The van der Waals surface area contributed by atoms with Crippen molar-refractivity contribution in [3.8, 4) is 22.7 Å². The predicted octanol–water partition coefficient (Wildman–Crippen LogP) is 3.23. The third-order valence-electron chi connectivity index (χ3n) is 4.27. The second-order valence-corrected chi connectivity index (χ2v) is 6.45. The number of amides is 1. The summed E-state index contributed by atoms with van der Waals surface area (Å²) >= 11 is 4.89. The van der Waals surface area contributed by atoms with Gasteiger partial charge in [-0.15, -0.1) is 0 Å². The molecule has 0 unspecified atom stereocenters. The van der Waals surface area contributed by atoms with Crippen molar-refractivity contribution < 1.29 is 14.3 Å². The molecule has 9 heteroatoms. The van der Waals surface area contributed by atoms with Crippen LogP contribution in [-0.2, 0) is 9.53 Å². The van der Waals surface area contributed by atoms with Crippen molar-refractivity contribution in [2.45, 2.75) is 0 Å². The highest BCUT2D eigenvalue weighted by Gasteiger charge is 2.24. The highest BCUT2D eigenvalue weighted by atomic mass is 32.1. The van der Waals surface area contributed by atoms with Gasteiger partial charge in [-0.3, -0.25) is 10.1 Å². The zero-order chi connectivity index (χ0) is 20.4. The van der Waals surface area contributed by atoms with Crippen molar-refractivity contribution in [1.82, 2.24) is 15.1 Å². The molecule has 0 aliphatic carbocycles. The first-order valence-corrected chi connectivity index (χ1v) is 8.96. The number of aromatic nitrogens is 2. The van der Waals surface area contributed by atoms with Gasteiger partial charge >= 0.3 is 0 Å². The molecule has 1 aromatic heterocycles. The van der Waals surface area contributed by atoms with Gasteiger partial charge < -0.3 is 20.2 Å². The summed E-state index contributed by atoms with van der Waals surface area (Å²) in [6.07, 6.45) is 3.33. The van der Waals surface area contributed by atoms with Crippen molar-refractivity contribution >= 4 is 35.1 Å². The van der Waals surface area contributed by atoms with E-state index in [1.54, 1.807) is 35.2 Å². The molecule has 2 heterocycles. The molecular formula is C20H15N4O4S-. The molecule has 1 aliphatic heterocycles. The van der Waals surface area contributed by atoms with Crippen LogP contribution in [0.5, 0.6) is 5.75 Å². The topological polar surface area (TPSA) is 100 Å². The summed E-state index contributed by atoms with van der Waals surface area (Å²) < 4.78 is 12.1. The summed E-state index contributed by atoms with van der Waals surface area (Å²) in [6, 6.07) is 14.6. The number of anilines is 1. The number of methoxy groups -OCH3 is 1. The van der Waals surface area contributed by atoms with Gasteiger partial charge in [0.25, 0.3) is 11.1 Å². The number of carbonyl (C=O) groups excluding carboxylic acids is 1. The summed E-state index contributed by atoms with van der Waals surface area (Å²) in [7, 11) is 1.48. The molecule has 1 amide bonds. The van der Waals surface area contributed by atoms with Gasteiger partial charge in [0, 0.05) is 17.3 Å². The van der Waals surface area contributed by atoms with E-state index in [1.165, 1.54) is 7.11 Å². The summed E-state index contributed by atoms with van der Waals surface area (Å²) in [4.78, 5) is 12.0. The summed E-state index contributed by atoms with van der Waals surface area (Å²) in [5.41, 5.74) is 4.80. The maximum atomic E-state index is 12.0. The SMILES string of the molecule is COc1ccc(-c2nn(-c3ccccc3)cc2/C=C2\OC(=S)NC2=O)cc1N[O-]. The minimum atomic E-state index is -0.426. The Morgan fingerprint density at radius 1 is 1.28 bits per heavy atom. The molecule has 0 saturated carbocycles.